The van der Waals surface area contributed by atoms with Gasteiger partial charge in [-0.3, -0.25) is 18.7 Å². The Bertz CT molecular complexity index is 2210. The number of hydrogen-bond acceptors (Lipinski definition) is 14. The lowest BCUT2D eigenvalue weighted by molar-refractivity contribution is -0.117. The predicted octanol–water partition coefficient (Wildman–Crippen LogP) is 5.98. The van der Waals surface area contributed by atoms with Crippen LogP contribution in [-0.2, 0) is 29.8 Å². The molecule has 2 amide bonds. The lowest BCUT2D eigenvalue weighted by Gasteiger charge is -2.22. The van der Waals surface area contributed by atoms with Gasteiger partial charge in [-0.15, -0.1) is 0 Å². The summed E-state index contributed by atoms with van der Waals surface area (Å²) < 4.78 is 124. The first-order valence-corrected chi connectivity index (χ1v) is 20.0. The summed E-state index contributed by atoms with van der Waals surface area (Å²) in [5.41, 5.74) is -0.417. The Balaban J connectivity index is 1.38. The maximum Gasteiger partial charge on any atom is 0.294 e. The minimum atomic E-state index is -4.82. The summed E-state index contributed by atoms with van der Waals surface area (Å²) in [7, 11) is -18.3. The smallest absolute Gasteiger partial charge is 0.294 e. The number of rotatable bonds is 13. The Hall–Kier alpha value is -3.78. The predicted molar refractivity (Wildman–Crippen MR) is 183 cm³/mol. The standard InChI is InChI=1S/C28H32N2O16S4/c31-23-13-19(49(41,42)43)9-15-7-17(47(35,36)37)11-21(27(15)23)29-25(33)5-3-1-2-4-6-26(34)30-22-12-18(48(38,39)40)8-16-10-20(50(44,45)46)14-24(32)28(16)22/h7-14,31-32,35-37,44-46H,1-6H2,(H,29,33)(H,30,34)(H,38,39,40)(H,41,42,43). The van der Waals surface area contributed by atoms with E-state index in [-0.39, 0.29) is 52.2 Å². The average Bonchev–Trinajstić information content (AvgIpc) is 2.96. The SMILES string of the molecule is O=C(CCCCCCC(=O)Nc1cc(S(=O)(=O)O)cc2cc(S(O)(O)O)cc(O)c12)Nc1cc(S(O)(O)O)cc2cc(S(=O)(=O)O)cc(O)c12. The second-order valence-electron chi connectivity index (χ2n) is 11.0. The molecule has 0 saturated heterocycles. The van der Waals surface area contributed by atoms with Gasteiger partial charge in [0.1, 0.15) is 33.2 Å². The molecule has 0 aliphatic heterocycles. The van der Waals surface area contributed by atoms with Crippen LogP contribution in [0.2, 0.25) is 0 Å². The lowest BCUT2D eigenvalue weighted by Crippen LogP contribution is -2.13. The van der Waals surface area contributed by atoms with Gasteiger partial charge in [-0.2, -0.15) is 16.8 Å². The molecule has 0 heterocycles. The number of unbranched alkanes of at least 4 members (excludes halogenated alkanes) is 3. The summed E-state index contributed by atoms with van der Waals surface area (Å²) >= 11 is 0. The molecule has 0 bridgehead atoms. The minimum Gasteiger partial charge on any atom is -0.507 e. The first-order chi connectivity index (χ1) is 22.9. The number of carbonyl (C=O) groups is 2. The highest BCUT2D eigenvalue weighted by atomic mass is 32.3. The van der Waals surface area contributed by atoms with Crippen LogP contribution in [0.25, 0.3) is 21.5 Å². The highest BCUT2D eigenvalue weighted by Gasteiger charge is 2.24. The lowest BCUT2D eigenvalue weighted by atomic mass is 10.1. The van der Waals surface area contributed by atoms with Crippen LogP contribution in [0.3, 0.4) is 0 Å². The number of phenols is 2. The highest BCUT2D eigenvalue weighted by molar-refractivity contribution is 8.19. The van der Waals surface area contributed by atoms with Crippen molar-refractivity contribution in [2.24, 2.45) is 0 Å². The van der Waals surface area contributed by atoms with Crippen molar-refractivity contribution in [3.05, 3.63) is 48.5 Å². The monoisotopic (exact) mass is 780 g/mol. The molecule has 0 radical (unpaired) electrons. The molecular formula is C28H32N2O16S4. The van der Waals surface area contributed by atoms with Gasteiger partial charge in [0.15, 0.2) is 0 Å². The average molecular weight is 781 g/mol. The maximum absolute atomic E-state index is 12.7. The van der Waals surface area contributed by atoms with Crippen molar-refractivity contribution < 1.29 is 73.1 Å². The van der Waals surface area contributed by atoms with Gasteiger partial charge >= 0.3 is 0 Å². The number of benzene rings is 4. The van der Waals surface area contributed by atoms with E-state index in [1.54, 1.807) is 0 Å². The van der Waals surface area contributed by atoms with Gasteiger partial charge in [0, 0.05) is 29.7 Å². The molecule has 0 aromatic heterocycles. The molecule has 0 aliphatic carbocycles. The van der Waals surface area contributed by atoms with Crippen molar-refractivity contribution >= 4 is 86.7 Å². The zero-order valence-electron chi connectivity index (χ0n) is 25.4. The van der Waals surface area contributed by atoms with Crippen molar-refractivity contribution in [2.75, 3.05) is 10.6 Å². The number of anilines is 2. The summed E-state index contributed by atoms with van der Waals surface area (Å²) in [6, 6.07) is 7.13. The zero-order valence-corrected chi connectivity index (χ0v) is 28.7. The molecule has 0 aliphatic rings. The second-order valence-corrected chi connectivity index (χ2v) is 16.9. The zero-order chi connectivity index (χ0) is 37.4. The van der Waals surface area contributed by atoms with Crippen molar-refractivity contribution in [1.29, 1.82) is 0 Å². The van der Waals surface area contributed by atoms with E-state index >= 15 is 0 Å². The molecule has 4 rings (SSSR count). The summed E-state index contributed by atoms with van der Waals surface area (Å²) in [6.07, 6.45) is 1.25. The molecular weight excluding hydrogens is 749 g/mol. The van der Waals surface area contributed by atoms with Gasteiger partial charge in [-0.05, 0) is 66.1 Å². The maximum atomic E-state index is 12.7. The Morgan fingerprint density at radius 1 is 0.480 bits per heavy atom. The summed E-state index contributed by atoms with van der Waals surface area (Å²) in [5, 5.41) is 25.3. The summed E-state index contributed by atoms with van der Waals surface area (Å²) in [5.74, 6) is -2.54. The molecule has 274 valence electrons. The van der Waals surface area contributed by atoms with E-state index in [0.717, 1.165) is 48.5 Å². The van der Waals surface area contributed by atoms with Crippen LogP contribution >= 0.6 is 21.7 Å². The minimum absolute atomic E-state index is 0.0919. The van der Waals surface area contributed by atoms with E-state index in [9.17, 15) is 73.1 Å². The number of amides is 2. The van der Waals surface area contributed by atoms with Gasteiger partial charge in [-0.1, -0.05) is 12.8 Å². The fourth-order valence-corrected chi connectivity index (χ4v) is 7.23. The number of nitrogens with one attached hydrogen (secondary N) is 2. The molecule has 0 unspecified atom stereocenters. The number of phenolic OH excluding ortho intramolecular Hbond substituents is 2. The van der Waals surface area contributed by atoms with E-state index in [1.165, 1.54) is 0 Å². The summed E-state index contributed by atoms with van der Waals surface area (Å²) in [6.45, 7) is 0. The Labute approximate surface area is 287 Å². The molecule has 4 aromatic rings. The van der Waals surface area contributed by atoms with Crippen molar-refractivity contribution in [3.63, 3.8) is 0 Å². The van der Waals surface area contributed by atoms with Crippen molar-refractivity contribution in [2.45, 2.75) is 58.1 Å². The second kappa shape index (κ2) is 14.5. The topological polar surface area (TPSA) is 329 Å². The van der Waals surface area contributed by atoms with Crippen LogP contribution in [0.5, 0.6) is 11.5 Å². The molecule has 0 fully saturated rings. The molecule has 0 atom stereocenters. The van der Waals surface area contributed by atoms with E-state index in [2.05, 4.69) is 10.6 Å². The number of fused-ring (bicyclic) bond motifs is 2. The van der Waals surface area contributed by atoms with Crippen LogP contribution in [0.1, 0.15) is 38.5 Å². The van der Waals surface area contributed by atoms with Gasteiger partial charge in [0.05, 0.1) is 31.0 Å². The highest BCUT2D eigenvalue weighted by Crippen LogP contribution is 2.49. The van der Waals surface area contributed by atoms with Gasteiger partial charge in [-0.25, -0.2) is 0 Å². The molecule has 4 aromatic carbocycles. The quantitative estimate of drug-likeness (QED) is 0.0548. The Morgan fingerprint density at radius 2 is 0.800 bits per heavy atom. The third kappa shape index (κ3) is 9.51. The normalized spacial score (nSPS) is 13.4. The van der Waals surface area contributed by atoms with Crippen molar-refractivity contribution in [3.8, 4) is 11.5 Å². The van der Waals surface area contributed by atoms with Crippen LogP contribution in [0, 0.1) is 0 Å². The molecule has 0 saturated carbocycles. The Morgan fingerprint density at radius 3 is 1.18 bits per heavy atom. The number of aromatic hydroxyl groups is 2. The fourth-order valence-electron chi connectivity index (χ4n) is 5.04. The first-order valence-electron chi connectivity index (χ1n) is 14.1. The molecule has 18 nitrogen and oxygen atoms in total. The molecule has 12 N–H and O–H groups in total. The fraction of sp³-hybridized carbons (Fsp3) is 0.214. The van der Waals surface area contributed by atoms with Crippen LogP contribution < -0.4 is 10.6 Å². The first kappa shape index (κ1) is 39.0. The van der Waals surface area contributed by atoms with E-state index in [0.29, 0.717) is 19.3 Å². The van der Waals surface area contributed by atoms with Crippen LogP contribution in [0.4, 0.5) is 11.4 Å². The Kier molecular flexibility index (Phi) is 11.3. The summed E-state index contributed by atoms with van der Waals surface area (Å²) in [4.78, 5) is 23.0. The van der Waals surface area contributed by atoms with Gasteiger partial charge in [0.2, 0.25) is 11.8 Å². The number of hydrogen-bond donors (Lipinski definition) is 12. The van der Waals surface area contributed by atoms with Gasteiger partial charge in [0.25, 0.3) is 20.2 Å². The van der Waals surface area contributed by atoms with E-state index in [1.807, 2.05) is 0 Å². The largest absolute Gasteiger partial charge is 0.507 e. The third-order valence-corrected chi connectivity index (χ3v) is 10.7. The molecule has 22 heteroatoms. The van der Waals surface area contributed by atoms with Gasteiger partial charge < -0.3 is 48.2 Å². The van der Waals surface area contributed by atoms with Crippen LogP contribution in [0.15, 0.2) is 68.1 Å². The van der Waals surface area contributed by atoms with Crippen molar-refractivity contribution in [1.82, 2.24) is 0 Å². The van der Waals surface area contributed by atoms with E-state index < -0.39 is 84.9 Å². The third-order valence-electron chi connectivity index (χ3n) is 7.28. The molecule has 50 heavy (non-hydrogen) atoms. The number of carbonyl (C=O) groups excluding carboxylic acids is 2. The van der Waals surface area contributed by atoms with Crippen LogP contribution in [-0.4, -0.2) is 75.3 Å². The van der Waals surface area contributed by atoms with E-state index in [4.69, 9.17) is 0 Å². The molecule has 0 spiro atoms.